The Morgan fingerprint density at radius 1 is 0.378 bits per heavy atom. The molecule has 1 heterocycles. The van der Waals surface area contributed by atoms with Crippen LogP contribution in [0.4, 0.5) is 34.1 Å². The predicted octanol–water partition coefficient (Wildman–Crippen LogP) is 12.3. The Morgan fingerprint density at radius 2 is 0.867 bits per heavy atom. The monoisotopic (exact) mass is 580 g/mol. The van der Waals surface area contributed by atoms with Crippen molar-refractivity contribution in [3.63, 3.8) is 0 Å². The van der Waals surface area contributed by atoms with E-state index in [0.29, 0.717) is 0 Å². The fraction of sp³-hybridized carbons (Fsp3) is 0.0476. The highest BCUT2D eigenvalue weighted by Crippen LogP contribution is 2.46. The molecule has 7 aromatic carbocycles. The number of rotatable bonds is 6. The summed E-state index contributed by atoms with van der Waals surface area (Å²) < 4.78 is 6.66. The van der Waals surface area contributed by atoms with Gasteiger partial charge in [-0.1, -0.05) is 96.1 Å². The maximum Gasteiger partial charge on any atom is 0.138 e. The average Bonchev–Trinajstić information content (AvgIpc) is 3.46. The molecule has 216 valence electrons. The van der Waals surface area contributed by atoms with Gasteiger partial charge < -0.3 is 14.2 Å². The molecule has 0 radical (unpaired) electrons. The molecule has 45 heavy (non-hydrogen) atoms. The summed E-state index contributed by atoms with van der Waals surface area (Å²) in [5, 5.41) is 4.55. The topological polar surface area (TPSA) is 19.6 Å². The molecule has 0 amide bonds. The van der Waals surface area contributed by atoms with Crippen molar-refractivity contribution in [1.29, 1.82) is 0 Å². The lowest BCUT2D eigenvalue weighted by Gasteiger charge is -2.27. The Kier molecular flexibility index (Phi) is 6.57. The Balaban J connectivity index is 1.37. The summed E-state index contributed by atoms with van der Waals surface area (Å²) in [6.45, 7) is 4.25. The van der Waals surface area contributed by atoms with Gasteiger partial charge in [0.05, 0.1) is 5.69 Å². The number of hydrogen-bond acceptors (Lipinski definition) is 3. The first kappa shape index (κ1) is 26.8. The number of fused-ring (bicyclic) bond motifs is 5. The van der Waals surface area contributed by atoms with Crippen molar-refractivity contribution in [1.82, 2.24) is 0 Å². The predicted molar refractivity (Wildman–Crippen MR) is 190 cm³/mol. The lowest BCUT2D eigenvalue weighted by Crippen LogP contribution is -2.10. The molecule has 8 aromatic rings. The van der Waals surface area contributed by atoms with Gasteiger partial charge in [-0.15, -0.1) is 0 Å². The SMILES string of the molecule is Cc1ccc(N(c2ccccc2)c2ccc3oc4cc(N(c5ccccc5)c5ccc(C)cc5)c5ccccc5c4c3c2)cc1. The van der Waals surface area contributed by atoms with E-state index in [-0.39, 0.29) is 0 Å². The summed E-state index contributed by atoms with van der Waals surface area (Å²) in [4.78, 5) is 4.64. The molecule has 0 spiro atoms. The van der Waals surface area contributed by atoms with Crippen molar-refractivity contribution < 1.29 is 4.42 Å². The van der Waals surface area contributed by atoms with Crippen LogP contribution in [-0.2, 0) is 0 Å². The molecule has 1 aromatic heterocycles. The lowest BCUT2D eigenvalue weighted by atomic mass is 10.00. The zero-order chi connectivity index (χ0) is 30.3. The molecule has 0 saturated heterocycles. The summed E-state index contributed by atoms with van der Waals surface area (Å²) in [6, 6.07) is 55.9. The van der Waals surface area contributed by atoms with Crippen LogP contribution < -0.4 is 9.80 Å². The molecule has 0 aliphatic carbocycles. The minimum Gasteiger partial charge on any atom is -0.456 e. The van der Waals surface area contributed by atoms with Gasteiger partial charge in [0.25, 0.3) is 0 Å². The normalized spacial score (nSPS) is 11.3. The molecule has 0 saturated carbocycles. The fourth-order valence-electron chi connectivity index (χ4n) is 6.35. The Morgan fingerprint density at radius 3 is 1.49 bits per heavy atom. The third-order valence-electron chi connectivity index (χ3n) is 8.55. The number of anilines is 6. The number of hydrogen-bond donors (Lipinski definition) is 0. The number of furan rings is 1. The third-order valence-corrected chi connectivity index (χ3v) is 8.55. The second kappa shape index (κ2) is 11.0. The number of para-hydroxylation sites is 2. The Hall–Kier alpha value is -5.80. The molecule has 0 atom stereocenters. The van der Waals surface area contributed by atoms with Crippen molar-refractivity contribution in [2.24, 2.45) is 0 Å². The van der Waals surface area contributed by atoms with E-state index < -0.39 is 0 Å². The van der Waals surface area contributed by atoms with Crippen LogP contribution in [0.1, 0.15) is 11.1 Å². The van der Waals surface area contributed by atoms with E-state index in [4.69, 9.17) is 4.42 Å². The molecular formula is C42H32N2O. The molecule has 0 bridgehead atoms. The van der Waals surface area contributed by atoms with Crippen LogP contribution in [0.5, 0.6) is 0 Å². The molecule has 0 aliphatic rings. The van der Waals surface area contributed by atoms with Gasteiger partial charge in [0, 0.05) is 50.7 Å². The maximum absolute atomic E-state index is 6.66. The highest BCUT2D eigenvalue weighted by molar-refractivity contribution is 6.23. The van der Waals surface area contributed by atoms with E-state index in [1.54, 1.807) is 0 Å². The lowest BCUT2D eigenvalue weighted by molar-refractivity contribution is 0.669. The largest absolute Gasteiger partial charge is 0.456 e. The van der Waals surface area contributed by atoms with Gasteiger partial charge in [-0.25, -0.2) is 0 Å². The van der Waals surface area contributed by atoms with Crippen LogP contribution in [0, 0.1) is 13.8 Å². The first-order valence-electron chi connectivity index (χ1n) is 15.4. The quantitative estimate of drug-likeness (QED) is 0.195. The maximum atomic E-state index is 6.66. The molecule has 8 rings (SSSR count). The van der Waals surface area contributed by atoms with Crippen molar-refractivity contribution in [2.75, 3.05) is 9.80 Å². The first-order chi connectivity index (χ1) is 22.1. The zero-order valence-electron chi connectivity index (χ0n) is 25.3. The van der Waals surface area contributed by atoms with Gasteiger partial charge in [0.1, 0.15) is 11.2 Å². The Labute approximate surface area is 263 Å². The van der Waals surface area contributed by atoms with Crippen LogP contribution in [0.25, 0.3) is 32.7 Å². The van der Waals surface area contributed by atoms with E-state index in [0.717, 1.165) is 61.4 Å². The fourth-order valence-corrected chi connectivity index (χ4v) is 6.35. The van der Waals surface area contributed by atoms with Crippen LogP contribution in [0.3, 0.4) is 0 Å². The molecule has 3 nitrogen and oxygen atoms in total. The molecular weight excluding hydrogens is 548 g/mol. The van der Waals surface area contributed by atoms with E-state index in [2.05, 4.69) is 181 Å². The third kappa shape index (κ3) is 4.79. The summed E-state index contributed by atoms with van der Waals surface area (Å²) in [5.41, 5.74) is 10.8. The van der Waals surface area contributed by atoms with Gasteiger partial charge in [-0.05, 0) is 86.0 Å². The molecule has 0 unspecified atom stereocenters. The smallest absolute Gasteiger partial charge is 0.138 e. The van der Waals surface area contributed by atoms with Crippen LogP contribution in [0.15, 0.2) is 162 Å². The zero-order valence-corrected chi connectivity index (χ0v) is 25.3. The van der Waals surface area contributed by atoms with E-state index in [1.807, 2.05) is 0 Å². The van der Waals surface area contributed by atoms with E-state index >= 15 is 0 Å². The van der Waals surface area contributed by atoms with Gasteiger partial charge in [0.2, 0.25) is 0 Å². The highest BCUT2D eigenvalue weighted by Gasteiger charge is 2.21. The highest BCUT2D eigenvalue weighted by atomic mass is 16.3. The summed E-state index contributed by atoms with van der Waals surface area (Å²) >= 11 is 0. The van der Waals surface area contributed by atoms with Crippen molar-refractivity contribution >= 4 is 66.8 Å². The second-order valence-electron chi connectivity index (χ2n) is 11.6. The number of benzene rings is 7. The van der Waals surface area contributed by atoms with E-state index in [9.17, 15) is 0 Å². The molecule has 0 aliphatic heterocycles. The standard InChI is InChI=1S/C42H32N2O/c1-29-17-21-33(22-18-29)43(31-11-5-3-6-12-31)35-25-26-40-38(27-35)42-37-16-10-9-15-36(37)39(28-41(42)45-40)44(32-13-7-4-8-14-32)34-23-19-30(2)20-24-34/h3-28H,1-2H3. The minimum atomic E-state index is 0.866. The van der Waals surface area contributed by atoms with Crippen molar-refractivity contribution in [2.45, 2.75) is 13.8 Å². The van der Waals surface area contributed by atoms with Crippen LogP contribution >= 0.6 is 0 Å². The second-order valence-corrected chi connectivity index (χ2v) is 11.6. The number of aryl methyl sites for hydroxylation is 2. The summed E-state index contributed by atoms with van der Waals surface area (Å²) in [6.07, 6.45) is 0. The molecule has 0 N–H and O–H groups in total. The van der Waals surface area contributed by atoms with Gasteiger partial charge >= 0.3 is 0 Å². The van der Waals surface area contributed by atoms with E-state index in [1.165, 1.54) is 16.5 Å². The Bertz CT molecular complexity index is 2270. The van der Waals surface area contributed by atoms with Gasteiger partial charge in [-0.3, -0.25) is 0 Å². The van der Waals surface area contributed by atoms with Crippen molar-refractivity contribution in [3.8, 4) is 0 Å². The van der Waals surface area contributed by atoms with Crippen LogP contribution in [0.2, 0.25) is 0 Å². The van der Waals surface area contributed by atoms with Crippen LogP contribution in [-0.4, -0.2) is 0 Å². The first-order valence-corrected chi connectivity index (χ1v) is 15.4. The average molecular weight is 581 g/mol. The molecule has 3 heteroatoms. The minimum absolute atomic E-state index is 0.866. The van der Waals surface area contributed by atoms with Crippen molar-refractivity contribution in [3.05, 3.63) is 169 Å². The number of nitrogens with zero attached hydrogens (tertiary/aromatic N) is 2. The molecule has 0 fully saturated rings. The van der Waals surface area contributed by atoms with Gasteiger partial charge in [0.15, 0.2) is 0 Å². The summed E-state index contributed by atoms with van der Waals surface area (Å²) in [5.74, 6) is 0. The van der Waals surface area contributed by atoms with Gasteiger partial charge in [-0.2, -0.15) is 0 Å². The summed E-state index contributed by atoms with van der Waals surface area (Å²) in [7, 11) is 0.